The second-order valence-electron chi connectivity index (χ2n) is 7.49. The highest BCUT2D eigenvalue weighted by Crippen LogP contribution is 2.33. The standard InChI is InChI=1S/C23H24ClFN4O3/c1-3-4-5-14-6-7-15(8-16(14)11-26)23-28-22(29-32-23)17-9-19(25)21(10-18(17)24)31-12-20(27)13(2)30/h6-10,13,20,30H,3-5,12,27H2,1-2H3/t13-,20+/m1/s1. The zero-order valence-corrected chi connectivity index (χ0v) is 18.6. The molecular weight excluding hydrogens is 435 g/mol. The number of aliphatic hydroxyl groups excluding tert-OH is 1. The van der Waals surface area contributed by atoms with E-state index in [4.69, 9.17) is 26.6 Å². The van der Waals surface area contributed by atoms with Crippen molar-refractivity contribution in [2.75, 3.05) is 6.61 Å². The third kappa shape index (κ3) is 5.43. The molecule has 168 valence electrons. The molecule has 2 aromatic carbocycles. The maximum atomic E-state index is 14.5. The molecule has 0 spiro atoms. The van der Waals surface area contributed by atoms with E-state index in [9.17, 15) is 14.8 Å². The molecule has 0 unspecified atom stereocenters. The molecule has 3 aromatic rings. The van der Waals surface area contributed by atoms with Crippen molar-refractivity contribution in [2.24, 2.45) is 5.73 Å². The summed E-state index contributed by atoms with van der Waals surface area (Å²) in [5.41, 5.74) is 8.04. The van der Waals surface area contributed by atoms with Crippen LogP contribution in [0.4, 0.5) is 4.39 Å². The van der Waals surface area contributed by atoms with Crippen LogP contribution < -0.4 is 10.5 Å². The molecule has 1 heterocycles. The molecule has 0 amide bonds. The number of hydrogen-bond donors (Lipinski definition) is 2. The van der Waals surface area contributed by atoms with E-state index < -0.39 is 18.0 Å². The molecule has 2 atom stereocenters. The zero-order chi connectivity index (χ0) is 23.3. The number of rotatable bonds is 9. The van der Waals surface area contributed by atoms with Crippen molar-refractivity contribution in [1.82, 2.24) is 10.1 Å². The van der Waals surface area contributed by atoms with Crippen LogP contribution in [0.1, 0.15) is 37.8 Å². The van der Waals surface area contributed by atoms with Gasteiger partial charge in [0, 0.05) is 17.2 Å². The van der Waals surface area contributed by atoms with E-state index in [1.165, 1.54) is 13.0 Å². The molecule has 32 heavy (non-hydrogen) atoms. The Balaban J connectivity index is 1.84. The van der Waals surface area contributed by atoms with Crippen LogP contribution in [-0.2, 0) is 6.42 Å². The minimum absolute atomic E-state index is 0.0773. The predicted octanol–water partition coefficient (Wildman–Crippen LogP) is 4.50. The molecule has 0 saturated carbocycles. The molecule has 7 nitrogen and oxygen atoms in total. The predicted molar refractivity (Wildman–Crippen MR) is 119 cm³/mol. The number of ether oxygens (including phenoxy) is 1. The Hall–Kier alpha value is -2.99. The number of hydrogen-bond acceptors (Lipinski definition) is 7. The first kappa shape index (κ1) is 23.7. The molecule has 0 radical (unpaired) electrons. The average molecular weight is 459 g/mol. The number of benzene rings is 2. The van der Waals surface area contributed by atoms with Gasteiger partial charge in [0.25, 0.3) is 5.89 Å². The van der Waals surface area contributed by atoms with Gasteiger partial charge in [-0.1, -0.05) is 36.2 Å². The third-order valence-electron chi connectivity index (χ3n) is 5.02. The molecule has 0 bridgehead atoms. The normalized spacial score (nSPS) is 12.9. The largest absolute Gasteiger partial charge is 0.489 e. The maximum Gasteiger partial charge on any atom is 0.258 e. The molecule has 0 aliphatic heterocycles. The van der Waals surface area contributed by atoms with Crippen LogP contribution in [0.25, 0.3) is 22.8 Å². The molecule has 0 aliphatic rings. The number of unbranched alkanes of at least 4 members (excludes halogenated alkanes) is 1. The first-order chi connectivity index (χ1) is 15.3. The highest BCUT2D eigenvalue weighted by Gasteiger charge is 2.19. The molecule has 0 aliphatic carbocycles. The molecule has 3 rings (SSSR count). The molecular formula is C23H24ClFN4O3. The van der Waals surface area contributed by atoms with E-state index in [-0.39, 0.29) is 34.7 Å². The number of halogens is 2. The number of aryl methyl sites for hydroxylation is 1. The quantitative estimate of drug-likeness (QED) is 0.484. The summed E-state index contributed by atoms with van der Waals surface area (Å²) in [5, 5.41) is 23.0. The van der Waals surface area contributed by atoms with E-state index >= 15 is 0 Å². The first-order valence-electron chi connectivity index (χ1n) is 10.3. The van der Waals surface area contributed by atoms with Crippen molar-refractivity contribution >= 4 is 11.6 Å². The summed E-state index contributed by atoms with van der Waals surface area (Å²) in [6.07, 6.45) is 2.05. The number of nitrogens with zero attached hydrogens (tertiary/aromatic N) is 3. The van der Waals surface area contributed by atoms with Gasteiger partial charge in [0.15, 0.2) is 11.6 Å². The van der Waals surface area contributed by atoms with Gasteiger partial charge in [-0.15, -0.1) is 0 Å². The molecule has 0 saturated heterocycles. The van der Waals surface area contributed by atoms with E-state index in [2.05, 4.69) is 23.1 Å². The molecule has 0 fully saturated rings. The fourth-order valence-electron chi connectivity index (χ4n) is 2.98. The minimum atomic E-state index is -0.798. The average Bonchev–Trinajstić information content (AvgIpc) is 3.27. The summed E-state index contributed by atoms with van der Waals surface area (Å²) in [5.74, 6) is -0.483. The first-order valence-corrected chi connectivity index (χ1v) is 10.6. The molecule has 1 aromatic heterocycles. The van der Waals surface area contributed by atoms with Gasteiger partial charge in [-0.25, -0.2) is 4.39 Å². The van der Waals surface area contributed by atoms with Crippen molar-refractivity contribution < 1.29 is 18.8 Å². The number of nitriles is 1. The Morgan fingerprint density at radius 3 is 2.81 bits per heavy atom. The van der Waals surface area contributed by atoms with Crippen LogP contribution in [0.3, 0.4) is 0 Å². The van der Waals surface area contributed by atoms with E-state index in [1.807, 2.05) is 12.1 Å². The van der Waals surface area contributed by atoms with Crippen LogP contribution in [0, 0.1) is 17.1 Å². The second-order valence-corrected chi connectivity index (χ2v) is 7.90. The van der Waals surface area contributed by atoms with E-state index in [0.717, 1.165) is 30.9 Å². The van der Waals surface area contributed by atoms with Crippen molar-refractivity contribution in [3.63, 3.8) is 0 Å². The highest BCUT2D eigenvalue weighted by atomic mass is 35.5. The van der Waals surface area contributed by atoms with Crippen molar-refractivity contribution in [2.45, 2.75) is 45.3 Å². The lowest BCUT2D eigenvalue weighted by atomic mass is 10.00. The maximum absolute atomic E-state index is 14.5. The van der Waals surface area contributed by atoms with Gasteiger partial charge in [0.05, 0.1) is 28.8 Å². The number of aliphatic hydroxyl groups is 1. The second kappa shape index (κ2) is 10.6. The Labute approximate surface area is 190 Å². The highest BCUT2D eigenvalue weighted by molar-refractivity contribution is 6.33. The molecule has 9 heteroatoms. The van der Waals surface area contributed by atoms with Gasteiger partial charge < -0.3 is 20.1 Å². The van der Waals surface area contributed by atoms with Crippen molar-refractivity contribution in [3.8, 4) is 34.7 Å². The van der Waals surface area contributed by atoms with Gasteiger partial charge >= 0.3 is 0 Å². The Kier molecular flexibility index (Phi) is 7.80. The van der Waals surface area contributed by atoms with Gasteiger partial charge in [-0.2, -0.15) is 10.2 Å². The SMILES string of the molecule is CCCCc1ccc(-c2nc(-c3cc(F)c(OC[C@H](N)[C@@H](C)O)cc3Cl)no2)cc1C#N. The number of nitrogens with two attached hydrogens (primary N) is 1. The fraction of sp³-hybridized carbons (Fsp3) is 0.348. The minimum Gasteiger partial charge on any atom is -0.489 e. The lowest BCUT2D eigenvalue weighted by Crippen LogP contribution is -2.38. The van der Waals surface area contributed by atoms with Crippen LogP contribution in [0.5, 0.6) is 5.75 Å². The summed E-state index contributed by atoms with van der Waals surface area (Å²) in [7, 11) is 0. The number of aromatic nitrogens is 2. The topological polar surface area (TPSA) is 118 Å². The fourth-order valence-corrected chi connectivity index (χ4v) is 3.22. The lowest BCUT2D eigenvalue weighted by molar-refractivity contribution is 0.129. The summed E-state index contributed by atoms with van der Waals surface area (Å²) in [6.45, 7) is 3.54. The van der Waals surface area contributed by atoms with Gasteiger partial charge in [-0.05, 0) is 43.5 Å². The Bertz CT molecular complexity index is 1130. The molecule has 3 N–H and O–H groups in total. The van der Waals surface area contributed by atoms with E-state index in [0.29, 0.717) is 11.1 Å². The van der Waals surface area contributed by atoms with Crippen LogP contribution in [-0.4, -0.2) is 34.0 Å². The summed E-state index contributed by atoms with van der Waals surface area (Å²) in [6, 6.07) is 9.38. The Morgan fingerprint density at radius 1 is 1.34 bits per heavy atom. The zero-order valence-electron chi connectivity index (χ0n) is 17.8. The van der Waals surface area contributed by atoms with Gasteiger partial charge in [0.1, 0.15) is 6.61 Å². The van der Waals surface area contributed by atoms with Crippen LogP contribution in [0.2, 0.25) is 5.02 Å². The van der Waals surface area contributed by atoms with Crippen LogP contribution >= 0.6 is 11.6 Å². The monoisotopic (exact) mass is 458 g/mol. The van der Waals surface area contributed by atoms with Crippen molar-refractivity contribution in [1.29, 1.82) is 5.26 Å². The van der Waals surface area contributed by atoms with E-state index in [1.54, 1.807) is 6.07 Å². The summed E-state index contributed by atoms with van der Waals surface area (Å²) < 4.78 is 25.2. The van der Waals surface area contributed by atoms with Crippen molar-refractivity contribution in [3.05, 3.63) is 52.3 Å². The van der Waals surface area contributed by atoms with Gasteiger partial charge in [-0.3, -0.25) is 0 Å². The summed E-state index contributed by atoms with van der Waals surface area (Å²) in [4.78, 5) is 4.31. The van der Waals surface area contributed by atoms with Crippen LogP contribution in [0.15, 0.2) is 34.9 Å². The Morgan fingerprint density at radius 2 is 2.12 bits per heavy atom. The third-order valence-corrected chi connectivity index (χ3v) is 5.33. The smallest absolute Gasteiger partial charge is 0.258 e. The summed E-state index contributed by atoms with van der Waals surface area (Å²) >= 11 is 6.29. The lowest BCUT2D eigenvalue weighted by Gasteiger charge is -2.16. The van der Waals surface area contributed by atoms with Gasteiger partial charge in [0.2, 0.25) is 5.82 Å².